The second-order valence-electron chi connectivity index (χ2n) is 5.77. The molecule has 0 unspecified atom stereocenters. The number of aliphatic hydroxyl groups excluding tert-OH is 1. The van der Waals surface area contributed by atoms with Gasteiger partial charge in [-0.3, -0.25) is 9.59 Å². The summed E-state index contributed by atoms with van der Waals surface area (Å²) in [5.74, 6) is -2.15. The van der Waals surface area contributed by atoms with E-state index in [4.69, 9.17) is 0 Å². The zero-order valence-electron chi connectivity index (χ0n) is 14.0. The Balaban J connectivity index is 2.93. The van der Waals surface area contributed by atoms with E-state index in [0.29, 0.717) is 0 Å². The molecule has 0 aliphatic heterocycles. The quantitative estimate of drug-likeness (QED) is 0.464. The maximum Gasteiger partial charge on any atom is 0.320 e. The van der Waals surface area contributed by atoms with Gasteiger partial charge in [0.25, 0.3) is 0 Å². The van der Waals surface area contributed by atoms with E-state index >= 15 is 0 Å². The van der Waals surface area contributed by atoms with Crippen LogP contribution in [0.15, 0.2) is 36.0 Å². The van der Waals surface area contributed by atoms with Crippen molar-refractivity contribution in [1.82, 2.24) is 0 Å². The first-order valence-corrected chi connectivity index (χ1v) is 10.5. The highest BCUT2D eigenvalue weighted by Crippen LogP contribution is 2.13. The molecule has 1 rings (SSSR count). The predicted octanol–water partition coefficient (Wildman–Crippen LogP) is 1.54. The zero-order chi connectivity index (χ0) is 17.5. The Labute approximate surface area is 137 Å². The van der Waals surface area contributed by atoms with Gasteiger partial charge in [0.1, 0.15) is 8.07 Å². The molecule has 0 amide bonds. The minimum atomic E-state index is -1.95. The molecule has 23 heavy (non-hydrogen) atoms. The molecule has 5 nitrogen and oxygen atoms in total. The van der Waals surface area contributed by atoms with Gasteiger partial charge < -0.3 is 14.6 Å². The summed E-state index contributed by atoms with van der Waals surface area (Å²) in [5, 5.41) is 10.6. The SMILES string of the molecule is COC(=O)C(C/C=C/[Si](C)(C)c1ccccc1CO)C(=O)OC. The van der Waals surface area contributed by atoms with Crippen LogP contribution in [0.5, 0.6) is 0 Å². The molecule has 1 aromatic carbocycles. The largest absolute Gasteiger partial charge is 0.468 e. The Bertz CT molecular complexity index is 564. The summed E-state index contributed by atoms with van der Waals surface area (Å²) in [4.78, 5) is 23.3. The molecule has 0 atom stereocenters. The maximum absolute atomic E-state index is 11.7. The Kier molecular flexibility index (Phi) is 7.19. The van der Waals surface area contributed by atoms with Crippen LogP contribution in [-0.2, 0) is 25.7 Å². The van der Waals surface area contributed by atoms with E-state index in [-0.39, 0.29) is 13.0 Å². The minimum absolute atomic E-state index is 0.00656. The maximum atomic E-state index is 11.7. The molecule has 1 N–H and O–H groups in total. The van der Waals surface area contributed by atoms with Crippen molar-refractivity contribution in [2.75, 3.05) is 14.2 Å². The predicted molar refractivity (Wildman–Crippen MR) is 90.8 cm³/mol. The Morgan fingerprint density at radius 2 is 1.74 bits per heavy atom. The van der Waals surface area contributed by atoms with Gasteiger partial charge in [-0.25, -0.2) is 0 Å². The van der Waals surface area contributed by atoms with Crippen molar-refractivity contribution in [2.45, 2.75) is 26.1 Å². The molecule has 0 bridgehead atoms. The molecule has 0 saturated carbocycles. The van der Waals surface area contributed by atoms with Gasteiger partial charge in [-0.1, -0.05) is 49.1 Å². The van der Waals surface area contributed by atoms with Gasteiger partial charge in [-0.2, -0.15) is 0 Å². The lowest BCUT2D eigenvalue weighted by Gasteiger charge is -2.22. The monoisotopic (exact) mass is 336 g/mol. The Morgan fingerprint density at radius 3 is 2.26 bits per heavy atom. The highest BCUT2D eigenvalue weighted by molar-refractivity contribution is 6.94. The molecule has 0 saturated heterocycles. The number of ether oxygens (including phenoxy) is 2. The minimum Gasteiger partial charge on any atom is -0.468 e. The van der Waals surface area contributed by atoms with E-state index in [0.717, 1.165) is 10.8 Å². The molecule has 0 aliphatic rings. The van der Waals surface area contributed by atoms with Gasteiger partial charge in [0.15, 0.2) is 5.92 Å². The number of hydrogen-bond donors (Lipinski definition) is 1. The van der Waals surface area contributed by atoms with Crippen molar-refractivity contribution in [3.63, 3.8) is 0 Å². The molecule has 0 aliphatic carbocycles. The molecule has 0 heterocycles. The van der Waals surface area contributed by atoms with Crippen LogP contribution in [0.25, 0.3) is 0 Å². The van der Waals surface area contributed by atoms with Crippen LogP contribution in [0.3, 0.4) is 0 Å². The summed E-state index contributed by atoms with van der Waals surface area (Å²) in [5.41, 5.74) is 2.96. The van der Waals surface area contributed by atoms with Gasteiger partial charge in [-0.15, -0.1) is 0 Å². The topological polar surface area (TPSA) is 72.8 Å². The fourth-order valence-corrected chi connectivity index (χ4v) is 4.87. The van der Waals surface area contributed by atoms with Crippen molar-refractivity contribution in [2.24, 2.45) is 5.92 Å². The highest BCUT2D eigenvalue weighted by Gasteiger charge is 2.28. The number of esters is 2. The van der Waals surface area contributed by atoms with Crippen LogP contribution in [-0.4, -0.2) is 39.3 Å². The summed E-state index contributed by atoms with van der Waals surface area (Å²) in [6, 6.07) is 7.76. The lowest BCUT2D eigenvalue weighted by molar-refractivity contribution is -0.158. The average Bonchev–Trinajstić information content (AvgIpc) is 2.57. The van der Waals surface area contributed by atoms with Crippen LogP contribution in [0, 0.1) is 5.92 Å². The third-order valence-corrected chi connectivity index (χ3v) is 6.70. The number of methoxy groups -OCH3 is 2. The first-order chi connectivity index (χ1) is 10.9. The van der Waals surface area contributed by atoms with Gasteiger partial charge in [-0.05, 0) is 17.2 Å². The fraction of sp³-hybridized carbons (Fsp3) is 0.412. The van der Waals surface area contributed by atoms with Crippen LogP contribution in [0.4, 0.5) is 0 Å². The van der Waals surface area contributed by atoms with E-state index in [1.165, 1.54) is 14.2 Å². The van der Waals surface area contributed by atoms with E-state index in [1.807, 2.05) is 30.3 Å². The zero-order valence-corrected chi connectivity index (χ0v) is 15.0. The summed E-state index contributed by atoms with van der Waals surface area (Å²) in [7, 11) is 0.550. The molecular formula is C17H24O5Si. The smallest absolute Gasteiger partial charge is 0.320 e. The normalized spacial score (nSPS) is 11.7. The highest BCUT2D eigenvalue weighted by atomic mass is 28.3. The molecule has 0 radical (unpaired) electrons. The van der Waals surface area contributed by atoms with Crippen LogP contribution in [0.2, 0.25) is 13.1 Å². The van der Waals surface area contributed by atoms with Crippen molar-refractivity contribution >= 4 is 25.2 Å². The summed E-state index contributed by atoms with van der Waals surface area (Å²) >= 11 is 0. The van der Waals surface area contributed by atoms with E-state index in [9.17, 15) is 14.7 Å². The lowest BCUT2D eigenvalue weighted by Crippen LogP contribution is -2.42. The second-order valence-corrected chi connectivity index (χ2v) is 10.1. The first kappa shape index (κ1) is 19.1. The molecule has 0 aromatic heterocycles. The molecular weight excluding hydrogens is 312 g/mol. The van der Waals surface area contributed by atoms with Crippen LogP contribution in [0.1, 0.15) is 12.0 Å². The molecule has 1 aromatic rings. The van der Waals surface area contributed by atoms with E-state index in [1.54, 1.807) is 0 Å². The molecule has 0 fully saturated rings. The number of allylic oxidation sites excluding steroid dienone is 1. The van der Waals surface area contributed by atoms with Crippen molar-refractivity contribution in [3.05, 3.63) is 41.6 Å². The van der Waals surface area contributed by atoms with E-state index < -0.39 is 25.9 Å². The van der Waals surface area contributed by atoms with Gasteiger partial charge in [0.2, 0.25) is 0 Å². The third-order valence-electron chi connectivity index (χ3n) is 3.76. The summed E-state index contributed by atoms with van der Waals surface area (Å²) < 4.78 is 9.29. The molecule has 126 valence electrons. The standard InChI is InChI=1S/C17H24O5Si/c1-21-16(19)14(17(20)22-2)9-7-11-23(3,4)15-10-6-5-8-13(15)12-18/h5-8,10-11,14,18H,9,12H2,1-4H3/b11-7+. The van der Waals surface area contributed by atoms with E-state index in [2.05, 4.69) is 28.3 Å². The third kappa shape index (κ3) is 5.04. The van der Waals surface area contributed by atoms with Gasteiger partial charge >= 0.3 is 11.9 Å². The van der Waals surface area contributed by atoms with Crippen molar-refractivity contribution in [1.29, 1.82) is 0 Å². The van der Waals surface area contributed by atoms with Crippen molar-refractivity contribution in [3.8, 4) is 0 Å². The lowest BCUT2D eigenvalue weighted by atomic mass is 10.1. The number of aliphatic hydroxyl groups is 1. The summed E-state index contributed by atoms with van der Waals surface area (Å²) in [6.07, 6.45) is 2.07. The fourth-order valence-electron chi connectivity index (χ4n) is 2.45. The summed E-state index contributed by atoms with van der Waals surface area (Å²) in [6.45, 7) is 4.28. The number of hydrogen-bond acceptors (Lipinski definition) is 5. The molecule has 0 spiro atoms. The number of benzene rings is 1. The Hall–Kier alpha value is -1.92. The van der Waals surface area contributed by atoms with Crippen LogP contribution >= 0.6 is 0 Å². The van der Waals surface area contributed by atoms with Crippen LogP contribution < -0.4 is 5.19 Å². The number of carbonyl (C=O) groups is 2. The van der Waals surface area contributed by atoms with Gasteiger partial charge in [0, 0.05) is 0 Å². The van der Waals surface area contributed by atoms with Crippen molar-refractivity contribution < 1.29 is 24.2 Å². The number of carbonyl (C=O) groups excluding carboxylic acids is 2. The second kappa shape index (κ2) is 8.64. The average molecular weight is 336 g/mol. The Morgan fingerprint density at radius 1 is 1.17 bits per heavy atom. The first-order valence-electron chi connectivity index (χ1n) is 7.40. The van der Waals surface area contributed by atoms with Gasteiger partial charge in [0.05, 0.1) is 20.8 Å². The number of rotatable bonds is 7. The molecule has 6 heteroatoms.